The number of hydrogen-bond donors (Lipinski definition) is 3. The first-order valence-corrected chi connectivity index (χ1v) is 6.38. The number of carboxylic acids is 1. The van der Waals surface area contributed by atoms with Gasteiger partial charge < -0.3 is 20.5 Å². The van der Waals surface area contributed by atoms with Crippen LogP contribution in [0.2, 0.25) is 0 Å². The van der Waals surface area contributed by atoms with Crippen LogP contribution in [0.5, 0.6) is 0 Å². The van der Waals surface area contributed by atoms with Gasteiger partial charge in [0.1, 0.15) is 6.61 Å². The second kappa shape index (κ2) is 8.16. The van der Waals surface area contributed by atoms with E-state index >= 15 is 0 Å². The molecular weight excluding hydrogens is 260 g/mol. The van der Waals surface area contributed by atoms with E-state index in [1.807, 2.05) is 19.1 Å². The van der Waals surface area contributed by atoms with Crippen molar-refractivity contribution < 1.29 is 19.4 Å². The zero-order valence-corrected chi connectivity index (χ0v) is 11.7. The molecule has 0 aliphatic carbocycles. The molecule has 0 bridgehead atoms. The minimum absolute atomic E-state index is 0.00662. The molecule has 0 spiro atoms. The summed E-state index contributed by atoms with van der Waals surface area (Å²) in [4.78, 5) is 21.9. The van der Waals surface area contributed by atoms with E-state index in [0.29, 0.717) is 12.1 Å². The van der Waals surface area contributed by atoms with Gasteiger partial charge in [-0.3, -0.25) is 9.59 Å². The minimum Gasteiger partial charge on any atom is -0.481 e. The van der Waals surface area contributed by atoms with Gasteiger partial charge in [0.05, 0.1) is 0 Å². The summed E-state index contributed by atoms with van der Waals surface area (Å²) in [5.41, 5.74) is 1.50. The predicted molar refractivity (Wildman–Crippen MR) is 76.9 cm³/mol. The third-order valence-corrected chi connectivity index (χ3v) is 2.63. The molecule has 0 heterocycles. The third kappa shape index (κ3) is 6.19. The second-order valence-corrected chi connectivity index (χ2v) is 4.54. The van der Waals surface area contributed by atoms with Crippen molar-refractivity contribution in [1.82, 2.24) is 0 Å². The molecule has 0 saturated carbocycles. The second-order valence-electron chi connectivity index (χ2n) is 4.54. The molecule has 20 heavy (non-hydrogen) atoms. The molecule has 1 amide bonds. The summed E-state index contributed by atoms with van der Waals surface area (Å²) in [6, 6.07) is 7.29. The van der Waals surface area contributed by atoms with E-state index in [0.717, 1.165) is 5.69 Å². The molecule has 1 rings (SSSR count). The van der Waals surface area contributed by atoms with Crippen LogP contribution in [0.3, 0.4) is 0 Å². The third-order valence-electron chi connectivity index (χ3n) is 2.63. The van der Waals surface area contributed by atoms with E-state index in [1.54, 1.807) is 12.1 Å². The zero-order valence-electron chi connectivity index (χ0n) is 11.7. The highest BCUT2D eigenvalue weighted by atomic mass is 16.5. The lowest BCUT2D eigenvalue weighted by Crippen LogP contribution is -2.18. The lowest BCUT2D eigenvalue weighted by atomic mass is 10.1. The molecule has 1 aromatic rings. The van der Waals surface area contributed by atoms with Crippen LogP contribution in [0.15, 0.2) is 24.3 Å². The number of nitrogens with one attached hydrogen (secondary N) is 2. The number of benzene rings is 1. The van der Waals surface area contributed by atoms with Gasteiger partial charge in [0.15, 0.2) is 0 Å². The SMILES string of the molecule is COCC(=O)Nc1cccc(NC(C)CCC(=O)O)c1. The van der Waals surface area contributed by atoms with Crippen LogP contribution in [-0.2, 0) is 14.3 Å². The fourth-order valence-electron chi connectivity index (χ4n) is 1.71. The highest BCUT2D eigenvalue weighted by Crippen LogP contribution is 2.17. The van der Waals surface area contributed by atoms with Gasteiger partial charge in [-0.25, -0.2) is 0 Å². The van der Waals surface area contributed by atoms with Crippen molar-refractivity contribution in [1.29, 1.82) is 0 Å². The fraction of sp³-hybridized carbons (Fsp3) is 0.429. The highest BCUT2D eigenvalue weighted by Gasteiger charge is 2.06. The van der Waals surface area contributed by atoms with Crippen LogP contribution < -0.4 is 10.6 Å². The first kappa shape index (κ1) is 16.0. The molecule has 1 unspecified atom stereocenters. The number of carboxylic acid groups (broad SMARTS) is 1. The van der Waals surface area contributed by atoms with Gasteiger partial charge >= 0.3 is 5.97 Å². The standard InChI is InChI=1S/C14H20N2O4/c1-10(6-7-14(18)19)15-11-4-3-5-12(8-11)16-13(17)9-20-2/h3-5,8,10,15H,6-7,9H2,1-2H3,(H,16,17)(H,18,19). The summed E-state index contributed by atoms with van der Waals surface area (Å²) >= 11 is 0. The molecule has 6 nitrogen and oxygen atoms in total. The first-order valence-electron chi connectivity index (χ1n) is 6.38. The summed E-state index contributed by atoms with van der Waals surface area (Å²) < 4.78 is 4.74. The quantitative estimate of drug-likeness (QED) is 0.677. The van der Waals surface area contributed by atoms with Crippen molar-refractivity contribution in [3.8, 4) is 0 Å². The number of methoxy groups -OCH3 is 1. The van der Waals surface area contributed by atoms with E-state index in [-0.39, 0.29) is 25.0 Å². The molecule has 1 atom stereocenters. The Morgan fingerprint density at radius 3 is 2.70 bits per heavy atom. The van der Waals surface area contributed by atoms with E-state index in [4.69, 9.17) is 9.84 Å². The van der Waals surface area contributed by atoms with Crippen LogP contribution in [-0.4, -0.2) is 36.7 Å². The molecular formula is C14H20N2O4. The largest absolute Gasteiger partial charge is 0.481 e. The smallest absolute Gasteiger partial charge is 0.303 e. The van der Waals surface area contributed by atoms with E-state index in [9.17, 15) is 9.59 Å². The van der Waals surface area contributed by atoms with Gasteiger partial charge in [0, 0.05) is 30.9 Å². The maximum Gasteiger partial charge on any atom is 0.303 e. The molecule has 0 saturated heterocycles. The molecule has 110 valence electrons. The molecule has 0 aliphatic rings. The number of hydrogen-bond acceptors (Lipinski definition) is 4. The van der Waals surface area contributed by atoms with Crippen LogP contribution in [0.1, 0.15) is 19.8 Å². The van der Waals surface area contributed by atoms with Crippen molar-refractivity contribution >= 4 is 23.3 Å². The van der Waals surface area contributed by atoms with Crippen molar-refractivity contribution in [2.45, 2.75) is 25.8 Å². The van der Waals surface area contributed by atoms with Gasteiger partial charge in [0.2, 0.25) is 5.91 Å². The van der Waals surface area contributed by atoms with Gasteiger partial charge in [-0.1, -0.05) is 6.07 Å². The van der Waals surface area contributed by atoms with E-state index in [1.165, 1.54) is 7.11 Å². The summed E-state index contributed by atoms with van der Waals surface area (Å²) in [5.74, 6) is -1.03. The maximum atomic E-state index is 11.4. The van der Waals surface area contributed by atoms with Gasteiger partial charge in [-0.05, 0) is 31.5 Å². The number of amides is 1. The number of anilines is 2. The van der Waals surface area contributed by atoms with E-state index in [2.05, 4.69) is 10.6 Å². The number of carbonyl (C=O) groups is 2. The van der Waals surface area contributed by atoms with Crippen molar-refractivity contribution in [3.05, 3.63) is 24.3 Å². The molecule has 6 heteroatoms. The Bertz CT molecular complexity index is 462. The lowest BCUT2D eigenvalue weighted by molar-refractivity contribution is -0.137. The lowest BCUT2D eigenvalue weighted by Gasteiger charge is -2.15. The Labute approximate surface area is 118 Å². The molecule has 3 N–H and O–H groups in total. The normalized spacial score (nSPS) is 11.7. The Balaban J connectivity index is 2.54. The minimum atomic E-state index is -0.806. The highest BCUT2D eigenvalue weighted by molar-refractivity contribution is 5.92. The average Bonchev–Trinajstić information content (AvgIpc) is 2.37. The number of carbonyl (C=O) groups excluding carboxylic acids is 1. The topological polar surface area (TPSA) is 87.7 Å². The van der Waals surface area contributed by atoms with Crippen LogP contribution in [0.4, 0.5) is 11.4 Å². The Morgan fingerprint density at radius 1 is 1.35 bits per heavy atom. The summed E-state index contributed by atoms with van der Waals surface area (Å²) in [6.07, 6.45) is 0.661. The first-order chi connectivity index (χ1) is 9.51. The average molecular weight is 280 g/mol. The maximum absolute atomic E-state index is 11.4. The fourth-order valence-corrected chi connectivity index (χ4v) is 1.71. The van der Waals surface area contributed by atoms with Crippen molar-refractivity contribution in [2.75, 3.05) is 24.4 Å². The molecule has 1 aromatic carbocycles. The van der Waals surface area contributed by atoms with Gasteiger partial charge in [-0.15, -0.1) is 0 Å². The summed E-state index contributed by atoms with van der Waals surface area (Å²) in [6.45, 7) is 1.92. The van der Waals surface area contributed by atoms with Crippen LogP contribution in [0, 0.1) is 0 Å². The molecule has 0 fully saturated rings. The predicted octanol–water partition coefficient (Wildman–Crippen LogP) is 1.94. The summed E-state index contributed by atoms with van der Waals surface area (Å²) in [5, 5.41) is 14.5. The Kier molecular flexibility index (Phi) is 6.52. The zero-order chi connectivity index (χ0) is 15.0. The Hall–Kier alpha value is -2.08. The molecule has 0 radical (unpaired) electrons. The van der Waals surface area contributed by atoms with Crippen LogP contribution in [0.25, 0.3) is 0 Å². The monoisotopic (exact) mass is 280 g/mol. The van der Waals surface area contributed by atoms with Crippen molar-refractivity contribution in [3.63, 3.8) is 0 Å². The number of aliphatic carboxylic acids is 1. The number of rotatable bonds is 8. The molecule has 0 aliphatic heterocycles. The summed E-state index contributed by atoms with van der Waals surface area (Å²) in [7, 11) is 1.46. The van der Waals surface area contributed by atoms with Gasteiger partial charge in [0.25, 0.3) is 0 Å². The number of ether oxygens (including phenoxy) is 1. The molecule has 0 aromatic heterocycles. The Morgan fingerprint density at radius 2 is 2.05 bits per heavy atom. The van der Waals surface area contributed by atoms with E-state index < -0.39 is 5.97 Å². The van der Waals surface area contributed by atoms with Crippen LogP contribution >= 0.6 is 0 Å². The van der Waals surface area contributed by atoms with Gasteiger partial charge in [-0.2, -0.15) is 0 Å². The van der Waals surface area contributed by atoms with Crippen molar-refractivity contribution in [2.24, 2.45) is 0 Å².